The lowest BCUT2D eigenvalue weighted by atomic mass is 10.1. The maximum Gasteiger partial charge on any atom is 0.355 e. The van der Waals surface area contributed by atoms with Gasteiger partial charge in [0.15, 0.2) is 0 Å². The van der Waals surface area contributed by atoms with Gasteiger partial charge in [0, 0.05) is 23.5 Å². The van der Waals surface area contributed by atoms with Crippen LogP contribution in [0.1, 0.15) is 26.3 Å². The summed E-state index contributed by atoms with van der Waals surface area (Å²) in [5.74, 6) is -1.38. The molecule has 0 aliphatic rings. The Balaban J connectivity index is 2.29. The van der Waals surface area contributed by atoms with Gasteiger partial charge in [-0.1, -0.05) is 0 Å². The van der Waals surface area contributed by atoms with Gasteiger partial charge in [-0.2, -0.15) is 10.1 Å². The molecule has 0 saturated heterocycles. The molecule has 3 rings (SSSR count). The number of hydrogen-bond donors (Lipinski definition) is 0. The Hall–Kier alpha value is -3.10. The number of benzene rings is 1. The van der Waals surface area contributed by atoms with Crippen LogP contribution < -0.4 is 11.4 Å². The van der Waals surface area contributed by atoms with Crippen molar-refractivity contribution in [3.63, 3.8) is 0 Å². The Morgan fingerprint density at radius 3 is 2.50 bits per heavy atom. The molecule has 7 nitrogen and oxygen atoms in total. The number of halogens is 2. The zero-order chi connectivity index (χ0) is 19.1. The second kappa shape index (κ2) is 6.32. The van der Waals surface area contributed by atoms with Crippen LogP contribution >= 0.6 is 0 Å². The van der Waals surface area contributed by atoms with E-state index in [9.17, 15) is 18.4 Å². The number of rotatable bonds is 3. The smallest absolute Gasteiger partial charge is 0.257 e. The first-order valence-electron chi connectivity index (χ1n) is 7.87. The molecule has 0 unspecified atom stereocenters. The number of aromatic nitrogens is 5. The molecule has 0 radical (unpaired) electrons. The first-order valence-corrected chi connectivity index (χ1v) is 7.87. The van der Waals surface area contributed by atoms with Gasteiger partial charge < -0.3 is 0 Å². The molecular formula is C17H17F2N5O2. The van der Waals surface area contributed by atoms with Gasteiger partial charge in [-0.25, -0.2) is 27.6 Å². The van der Waals surface area contributed by atoms with Gasteiger partial charge in [0.25, 0.3) is 0 Å². The van der Waals surface area contributed by atoms with Crippen LogP contribution in [0.5, 0.6) is 0 Å². The molecule has 0 amide bonds. The zero-order valence-electron chi connectivity index (χ0n) is 14.5. The average Bonchev–Trinajstić information content (AvgIpc) is 3.06. The predicted molar refractivity (Wildman–Crippen MR) is 90.3 cm³/mol. The van der Waals surface area contributed by atoms with Crippen molar-refractivity contribution in [3.8, 4) is 5.95 Å². The fourth-order valence-electron chi connectivity index (χ4n) is 2.59. The molecule has 1 aromatic carbocycles. The maximum atomic E-state index is 14.1. The van der Waals surface area contributed by atoms with Crippen LogP contribution in [0.25, 0.3) is 5.95 Å². The van der Waals surface area contributed by atoms with Crippen LogP contribution in [0.2, 0.25) is 0 Å². The second-order valence-electron chi connectivity index (χ2n) is 6.76. The minimum Gasteiger partial charge on any atom is -0.257 e. The van der Waals surface area contributed by atoms with Crippen LogP contribution in [0.15, 0.2) is 46.2 Å². The second-order valence-corrected chi connectivity index (χ2v) is 6.76. The number of hydrogen-bond acceptors (Lipinski definition) is 4. The summed E-state index contributed by atoms with van der Waals surface area (Å²) in [6.45, 7) is 4.73. The third kappa shape index (κ3) is 3.19. The van der Waals surface area contributed by atoms with Gasteiger partial charge in [-0.3, -0.25) is 4.57 Å². The molecule has 26 heavy (non-hydrogen) atoms. The summed E-state index contributed by atoms with van der Waals surface area (Å²) in [5.41, 5.74) is -2.32. The van der Waals surface area contributed by atoms with Crippen LogP contribution in [0, 0.1) is 11.6 Å². The largest absolute Gasteiger partial charge is 0.355 e. The summed E-state index contributed by atoms with van der Waals surface area (Å²) in [6, 6.07) is 4.57. The Bertz CT molecular complexity index is 1060. The van der Waals surface area contributed by atoms with Crippen LogP contribution in [-0.4, -0.2) is 23.9 Å². The van der Waals surface area contributed by atoms with E-state index < -0.39 is 28.6 Å². The van der Waals surface area contributed by atoms with E-state index in [2.05, 4.69) is 10.1 Å². The van der Waals surface area contributed by atoms with E-state index in [1.807, 2.05) is 0 Å². The molecule has 0 spiro atoms. The molecule has 9 heteroatoms. The minimum atomic E-state index is -0.841. The maximum absolute atomic E-state index is 14.1. The average molecular weight is 361 g/mol. The van der Waals surface area contributed by atoms with E-state index in [-0.39, 0.29) is 18.1 Å². The molecule has 136 valence electrons. The summed E-state index contributed by atoms with van der Waals surface area (Å²) in [5, 5.41) is 3.98. The van der Waals surface area contributed by atoms with Gasteiger partial charge in [-0.15, -0.1) is 0 Å². The summed E-state index contributed by atoms with van der Waals surface area (Å²) < 4.78 is 30.9. The van der Waals surface area contributed by atoms with Gasteiger partial charge in [0.2, 0.25) is 5.95 Å². The van der Waals surface area contributed by atoms with E-state index in [4.69, 9.17) is 0 Å². The number of nitrogens with zero attached hydrogens (tertiary/aromatic N) is 5. The van der Waals surface area contributed by atoms with Crippen molar-refractivity contribution in [2.24, 2.45) is 0 Å². The van der Waals surface area contributed by atoms with E-state index in [0.29, 0.717) is 0 Å². The van der Waals surface area contributed by atoms with Crippen LogP contribution in [-0.2, 0) is 12.1 Å². The molecule has 0 atom stereocenters. The predicted octanol–water partition coefficient (Wildman–Crippen LogP) is 1.67. The minimum absolute atomic E-state index is 0.0404. The Morgan fingerprint density at radius 2 is 1.88 bits per heavy atom. The van der Waals surface area contributed by atoms with Crippen LogP contribution in [0.4, 0.5) is 8.78 Å². The van der Waals surface area contributed by atoms with Crippen molar-refractivity contribution in [1.82, 2.24) is 23.9 Å². The topological polar surface area (TPSA) is 74.7 Å². The molecule has 2 aromatic heterocycles. The quantitative estimate of drug-likeness (QED) is 0.711. The molecular weight excluding hydrogens is 344 g/mol. The Kier molecular flexibility index (Phi) is 4.31. The molecule has 0 bridgehead atoms. The van der Waals surface area contributed by atoms with Gasteiger partial charge >= 0.3 is 11.4 Å². The first kappa shape index (κ1) is 17.7. The van der Waals surface area contributed by atoms with Crippen molar-refractivity contribution < 1.29 is 8.78 Å². The SMILES string of the molecule is CC(C)(C)n1c(=O)nc(-n2cccn2)n(Cc2cc(F)ccc2F)c1=O. The van der Waals surface area contributed by atoms with Crippen molar-refractivity contribution in [2.75, 3.05) is 0 Å². The van der Waals surface area contributed by atoms with E-state index in [1.54, 1.807) is 26.8 Å². The Morgan fingerprint density at radius 1 is 1.15 bits per heavy atom. The van der Waals surface area contributed by atoms with Crippen molar-refractivity contribution in [2.45, 2.75) is 32.9 Å². The summed E-state index contributed by atoms with van der Waals surface area (Å²) >= 11 is 0. The van der Waals surface area contributed by atoms with Gasteiger partial charge in [-0.05, 0) is 45.0 Å². The standard InChI is InChI=1S/C17H17F2N5O2/c1-17(2,3)24-15(25)21-14(23-8-4-7-20-23)22(16(24)26)10-11-9-12(18)5-6-13(11)19/h4-9H,10H2,1-3H3. The fourth-order valence-corrected chi connectivity index (χ4v) is 2.59. The molecule has 2 heterocycles. The van der Waals surface area contributed by atoms with E-state index in [1.165, 1.54) is 17.1 Å². The fraction of sp³-hybridized carbons (Fsp3) is 0.294. The lowest BCUT2D eigenvalue weighted by Gasteiger charge is -2.23. The lowest BCUT2D eigenvalue weighted by Crippen LogP contribution is -2.50. The highest BCUT2D eigenvalue weighted by atomic mass is 19.1. The lowest BCUT2D eigenvalue weighted by molar-refractivity contribution is 0.343. The van der Waals surface area contributed by atoms with E-state index in [0.717, 1.165) is 27.3 Å². The van der Waals surface area contributed by atoms with Crippen LogP contribution in [0.3, 0.4) is 0 Å². The third-order valence-electron chi connectivity index (χ3n) is 3.77. The highest BCUT2D eigenvalue weighted by Crippen LogP contribution is 2.13. The van der Waals surface area contributed by atoms with Gasteiger partial charge in [0.1, 0.15) is 11.6 Å². The zero-order valence-corrected chi connectivity index (χ0v) is 14.5. The third-order valence-corrected chi connectivity index (χ3v) is 3.77. The van der Waals surface area contributed by atoms with Gasteiger partial charge in [0.05, 0.1) is 6.54 Å². The Labute approximate surface area is 147 Å². The summed E-state index contributed by atoms with van der Waals surface area (Å²) in [6.07, 6.45) is 2.95. The first-order chi connectivity index (χ1) is 12.2. The molecule has 0 aliphatic carbocycles. The van der Waals surface area contributed by atoms with Crippen molar-refractivity contribution in [1.29, 1.82) is 0 Å². The molecule has 3 aromatic rings. The van der Waals surface area contributed by atoms with Crippen molar-refractivity contribution >= 4 is 0 Å². The highest BCUT2D eigenvalue weighted by Gasteiger charge is 2.24. The molecule has 0 saturated carbocycles. The molecule has 0 fully saturated rings. The molecule has 0 aliphatic heterocycles. The highest BCUT2D eigenvalue weighted by molar-refractivity contribution is 5.21. The van der Waals surface area contributed by atoms with Crippen molar-refractivity contribution in [3.05, 3.63) is 74.8 Å². The molecule has 0 N–H and O–H groups in total. The van der Waals surface area contributed by atoms with E-state index >= 15 is 0 Å². The normalized spacial score (nSPS) is 11.7. The summed E-state index contributed by atoms with van der Waals surface area (Å²) in [7, 11) is 0. The summed E-state index contributed by atoms with van der Waals surface area (Å²) in [4.78, 5) is 29.3. The monoisotopic (exact) mass is 361 g/mol.